The fourth-order valence-electron chi connectivity index (χ4n) is 2.87. The summed E-state index contributed by atoms with van der Waals surface area (Å²) in [7, 11) is 0. The Balaban J connectivity index is 2.34. The lowest BCUT2D eigenvalue weighted by molar-refractivity contribution is -0.171. The van der Waals surface area contributed by atoms with Crippen LogP contribution in [0.1, 0.15) is 39.5 Å². The molecule has 2 unspecified atom stereocenters. The third kappa shape index (κ3) is 6.99. The normalized spacial score (nSPS) is 27.5. The van der Waals surface area contributed by atoms with Crippen molar-refractivity contribution in [2.75, 3.05) is 13.2 Å². The number of hydrogen-bond donors (Lipinski definition) is 0. The summed E-state index contributed by atoms with van der Waals surface area (Å²) >= 11 is 0. The van der Waals surface area contributed by atoms with Crippen LogP contribution in [0.4, 0.5) is 9.59 Å². The van der Waals surface area contributed by atoms with Gasteiger partial charge in [-0.15, -0.1) is 0 Å². The Hall–Kier alpha value is -3.08. The fourth-order valence-corrected chi connectivity index (χ4v) is 2.87. The van der Waals surface area contributed by atoms with Gasteiger partial charge in [-0.2, -0.15) is 0 Å². The third-order valence-electron chi connectivity index (χ3n) is 4.55. The molecule has 0 spiro atoms. The summed E-state index contributed by atoms with van der Waals surface area (Å²) < 4.78 is 30.0. The number of hydrogen-bond acceptors (Lipinski definition) is 10. The van der Waals surface area contributed by atoms with Gasteiger partial charge in [-0.3, -0.25) is 0 Å². The lowest BCUT2D eigenvalue weighted by atomic mass is 9.78. The van der Waals surface area contributed by atoms with E-state index in [0.29, 0.717) is 0 Å². The van der Waals surface area contributed by atoms with Crippen LogP contribution in [0.15, 0.2) is 24.3 Å². The minimum Gasteiger partial charge on any atom is -0.434 e. The van der Waals surface area contributed by atoms with E-state index in [4.69, 9.17) is 28.4 Å². The highest BCUT2D eigenvalue weighted by atomic mass is 16.8. The van der Waals surface area contributed by atoms with Crippen molar-refractivity contribution in [2.45, 2.75) is 57.7 Å². The smallest absolute Gasteiger partial charge is 0.434 e. The second-order valence-corrected chi connectivity index (χ2v) is 7.17. The average Bonchev–Trinajstić information content (AvgIpc) is 2.74. The maximum absolute atomic E-state index is 13.7. The van der Waals surface area contributed by atoms with Crippen molar-refractivity contribution in [3.05, 3.63) is 30.2 Å². The van der Waals surface area contributed by atoms with Crippen LogP contribution in [-0.2, 0) is 43.1 Å². The first kappa shape index (κ1) is 24.2. The summed E-state index contributed by atoms with van der Waals surface area (Å²) in [5, 5.41) is 13.7. The zero-order chi connectivity index (χ0) is 23.2. The Labute approximate surface area is 178 Å². The number of carbonyl (C=O) groups is 4. The van der Waals surface area contributed by atoms with Crippen LogP contribution < -0.4 is 0 Å². The fraction of sp³-hybridized carbons (Fsp3) is 0.550. The van der Waals surface area contributed by atoms with Gasteiger partial charge in [-0.25, -0.2) is 24.3 Å². The molecule has 2 fully saturated rings. The Kier molecular flexibility index (Phi) is 8.03. The van der Waals surface area contributed by atoms with E-state index < -0.39 is 42.4 Å². The summed E-state index contributed by atoms with van der Waals surface area (Å²) in [5.41, 5.74) is -1.80. The molecule has 2 heterocycles. The van der Waals surface area contributed by atoms with Crippen LogP contribution >= 0.6 is 0 Å². The van der Waals surface area contributed by atoms with Crippen molar-refractivity contribution in [2.24, 2.45) is 0 Å². The first-order valence-electron chi connectivity index (χ1n) is 9.45. The Bertz CT molecular complexity index is 698. The highest BCUT2D eigenvalue weighted by molar-refractivity contribution is 5.87. The molecule has 0 amide bonds. The lowest BCUT2D eigenvalue weighted by Crippen LogP contribution is -2.41. The quantitative estimate of drug-likeness (QED) is 0.363. The molecule has 11 nitrogen and oxygen atoms in total. The molecule has 11 heteroatoms. The molecule has 170 valence electrons. The number of fused-ring (bicyclic) bond motifs is 1. The standard InChI is InChI=1S/C20H24O11/c1-11(2)16(21)28-14-9-13-10-15(29-17(22)12(3)4)31-19(24)27-8-6-20(13,25)5-7-26-18(23)30-14/h14-15H,1,3,5-10H2,2,4H3. The Morgan fingerprint density at radius 2 is 1.26 bits per heavy atom. The van der Waals surface area contributed by atoms with E-state index in [0.717, 1.165) is 0 Å². The van der Waals surface area contributed by atoms with Crippen molar-refractivity contribution >= 4 is 24.2 Å². The minimum atomic E-state index is -1.89. The van der Waals surface area contributed by atoms with Crippen LogP contribution in [0.25, 0.3) is 0 Å². The molecule has 0 N–H and O–H groups in total. The van der Waals surface area contributed by atoms with Gasteiger partial charge >= 0.3 is 24.2 Å². The number of esters is 2. The molecule has 31 heavy (non-hydrogen) atoms. The van der Waals surface area contributed by atoms with E-state index in [2.05, 4.69) is 13.2 Å². The van der Waals surface area contributed by atoms with E-state index in [1.54, 1.807) is 0 Å². The van der Waals surface area contributed by atoms with Gasteiger partial charge in [0.1, 0.15) is 5.60 Å². The van der Waals surface area contributed by atoms with Gasteiger partial charge in [-0.05, 0) is 13.8 Å². The molecule has 0 aromatic heterocycles. The molecular weight excluding hydrogens is 416 g/mol. The van der Waals surface area contributed by atoms with Crippen molar-refractivity contribution in [3.63, 3.8) is 0 Å². The van der Waals surface area contributed by atoms with Crippen LogP contribution in [0.5, 0.6) is 0 Å². The lowest BCUT2D eigenvalue weighted by Gasteiger charge is -2.34. The molecule has 0 bridgehead atoms. The highest BCUT2D eigenvalue weighted by Crippen LogP contribution is 2.39. The maximum atomic E-state index is 13.7. The molecule has 0 aliphatic carbocycles. The van der Waals surface area contributed by atoms with Crippen LogP contribution in [0, 0.1) is 5.92 Å². The largest absolute Gasteiger partial charge is 0.511 e. The van der Waals surface area contributed by atoms with Gasteiger partial charge in [0.15, 0.2) is 0 Å². The van der Waals surface area contributed by atoms with E-state index in [1.807, 2.05) is 0 Å². The van der Waals surface area contributed by atoms with E-state index >= 15 is 0 Å². The van der Waals surface area contributed by atoms with E-state index in [1.165, 1.54) is 13.8 Å². The summed E-state index contributed by atoms with van der Waals surface area (Å²) in [6.07, 6.45) is -6.30. The second kappa shape index (κ2) is 10.3. The Morgan fingerprint density at radius 1 is 0.871 bits per heavy atom. The van der Waals surface area contributed by atoms with Crippen molar-refractivity contribution in [1.29, 1.82) is 0 Å². The zero-order valence-electron chi connectivity index (χ0n) is 17.3. The molecule has 0 aromatic rings. The molecule has 0 saturated carbocycles. The molecule has 2 aliphatic heterocycles. The summed E-state index contributed by atoms with van der Waals surface area (Å²) in [5.74, 6) is -1.57. The predicted octanol–water partition coefficient (Wildman–Crippen LogP) is 2.51. The Morgan fingerprint density at radius 3 is 1.61 bits per heavy atom. The van der Waals surface area contributed by atoms with Gasteiger partial charge in [0.25, 0.3) is 12.6 Å². The first-order valence-corrected chi connectivity index (χ1v) is 9.45. The van der Waals surface area contributed by atoms with Crippen molar-refractivity contribution in [1.82, 2.24) is 0 Å². The van der Waals surface area contributed by atoms with Crippen LogP contribution in [-0.4, -0.2) is 55.6 Å². The predicted molar refractivity (Wildman–Crippen MR) is 99.4 cm³/mol. The van der Waals surface area contributed by atoms with Gasteiger partial charge in [-0.1, -0.05) is 13.2 Å². The van der Waals surface area contributed by atoms with Crippen molar-refractivity contribution < 1.29 is 52.7 Å². The number of carbonyl (C=O) groups excluding carboxylic acids is 4. The molecule has 2 atom stereocenters. The maximum Gasteiger partial charge on any atom is 0.511 e. The molecule has 0 aromatic carbocycles. The van der Waals surface area contributed by atoms with Gasteiger partial charge in [0.2, 0.25) is 0 Å². The van der Waals surface area contributed by atoms with Gasteiger partial charge in [0, 0.05) is 42.7 Å². The van der Waals surface area contributed by atoms with E-state index in [9.17, 15) is 24.3 Å². The highest BCUT2D eigenvalue weighted by Gasteiger charge is 2.46. The number of cyclic esters (lactones) is 4. The third-order valence-corrected chi connectivity index (χ3v) is 4.55. The van der Waals surface area contributed by atoms with Gasteiger partial charge < -0.3 is 28.4 Å². The SMILES string of the molecule is C=C(C)C(=O)OC1C[C]2CC(OC(=O)C(=C)C)OC(=O)OCCC2([O])CCOC(=O)O1. The molecule has 2 radical (unpaired) electrons. The first-order chi connectivity index (χ1) is 14.5. The summed E-state index contributed by atoms with van der Waals surface area (Å²) in [6, 6.07) is 0. The van der Waals surface area contributed by atoms with Gasteiger partial charge in [0.05, 0.1) is 13.2 Å². The van der Waals surface area contributed by atoms with Crippen LogP contribution in [0.3, 0.4) is 0 Å². The average molecular weight is 440 g/mol. The number of rotatable bonds is 4. The zero-order valence-corrected chi connectivity index (χ0v) is 17.3. The molecular formula is C20H24O11. The molecule has 2 aliphatic rings. The summed E-state index contributed by atoms with van der Waals surface area (Å²) in [6.45, 7) is 9.10. The van der Waals surface area contributed by atoms with E-state index in [-0.39, 0.29) is 56.0 Å². The second-order valence-electron chi connectivity index (χ2n) is 7.17. The number of ether oxygens (including phenoxy) is 6. The topological polar surface area (TPSA) is 144 Å². The van der Waals surface area contributed by atoms with Crippen LogP contribution in [0.2, 0.25) is 0 Å². The molecule has 2 rings (SSSR count). The minimum absolute atomic E-state index is 0.0419. The van der Waals surface area contributed by atoms with Crippen molar-refractivity contribution in [3.8, 4) is 0 Å². The summed E-state index contributed by atoms with van der Waals surface area (Å²) in [4.78, 5) is 47.5. The molecule has 2 saturated heterocycles. The monoisotopic (exact) mass is 440 g/mol.